The SMILES string of the molecule is CN1/C(=C/C=C/C2=[N+](C)c3cc(C(c4ccccc4)c4cc5c(c6ccccc46)C(C)(Cc4ccccc4)C(/C=C/C=C4/N(C)c6ccc7ccccc7c6C4(C)C)=[N+]5C)c4ccccc4c3C2(C)Cc2ccccc2)C(C)(C)c2c1ccc1ccccc21. The van der Waals surface area contributed by atoms with E-state index in [0.717, 1.165) is 12.8 Å². The number of fused-ring (bicyclic) bond motifs is 12. The maximum absolute atomic E-state index is 2.58. The number of rotatable bonds is 11. The first-order valence-corrected chi connectivity index (χ1v) is 31.9. The van der Waals surface area contributed by atoms with E-state index >= 15 is 0 Å². The third-order valence-electron chi connectivity index (χ3n) is 21.2. The van der Waals surface area contributed by atoms with E-state index in [4.69, 9.17) is 0 Å². The Hall–Kier alpha value is -9.64. The lowest BCUT2D eigenvalue weighted by molar-refractivity contribution is -0.401. The molecule has 89 heavy (non-hydrogen) atoms. The van der Waals surface area contributed by atoms with Crippen LogP contribution in [0.1, 0.15) is 97.5 Å². The lowest BCUT2D eigenvalue weighted by Gasteiger charge is -2.28. The standard InChI is InChI=1S/C85H78N4/c1-82(2)73(86(7)69-50-48-58-34-20-22-38-61(58)78(69)82)44-28-46-75-84(5,54-56-30-14-11-15-31-56)80-65-42-26-24-40-63(65)67(52-71(80)88(75)9)77(60-36-18-13-19-37-60)68-53-72-81(66-43-27-25-41-64(66)68)85(6,55-57-32-16-12-17-33-57)76(89(72)10)47-29-45-74-83(3,4)79-62-39-23-21-35-59(62)49-51-70(79)87(74)8/h11-53,77H,54-55H2,1-10H3/q+2. The molecular weight excluding hydrogens is 1080 g/mol. The molecule has 0 aromatic heterocycles. The Kier molecular flexibility index (Phi) is 13.2. The second-order valence-corrected chi connectivity index (χ2v) is 27.1. The predicted molar refractivity (Wildman–Crippen MR) is 377 cm³/mol. The Labute approximate surface area is 525 Å². The maximum atomic E-state index is 2.58. The molecule has 0 fully saturated rings. The summed E-state index contributed by atoms with van der Waals surface area (Å²) in [6, 6.07) is 84.2. The molecule has 4 heterocycles. The van der Waals surface area contributed by atoms with Crippen molar-refractivity contribution in [3.8, 4) is 0 Å². The molecule has 4 aliphatic rings. The first kappa shape index (κ1) is 55.9. The highest BCUT2D eigenvalue weighted by atomic mass is 15.2. The lowest BCUT2D eigenvalue weighted by Crippen LogP contribution is -2.33. The van der Waals surface area contributed by atoms with Crippen LogP contribution in [0.4, 0.5) is 22.7 Å². The van der Waals surface area contributed by atoms with Gasteiger partial charge in [-0.3, -0.25) is 0 Å². The second kappa shape index (κ2) is 21.0. The van der Waals surface area contributed by atoms with Gasteiger partial charge >= 0.3 is 0 Å². The number of allylic oxidation sites excluding steroid dienone is 8. The van der Waals surface area contributed by atoms with Gasteiger partial charge in [0.05, 0.1) is 10.8 Å². The summed E-state index contributed by atoms with van der Waals surface area (Å²) in [5.41, 5.74) is 21.1. The van der Waals surface area contributed by atoms with Crippen LogP contribution in [0.2, 0.25) is 0 Å². The van der Waals surface area contributed by atoms with Crippen molar-refractivity contribution in [2.45, 2.75) is 82.0 Å². The molecule has 0 amide bonds. The average molecular weight is 1160 g/mol. The van der Waals surface area contributed by atoms with Crippen LogP contribution < -0.4 is 9.80 Å². The van der Waals surface area contributed by atoms with Gasteiger partial charge in [0.2, 0.25) is 11.4 Å². The monoisotopic (exact) mass is 1150 g/mol. The first-order valence-electron chi connectivity index (χ1n) is 31.9. The number of likely N-dealkylation sites (N-methyl/N-ethyl adjacent to an activating group) is 2. The molecule has 0 spiro atoms. The lowest BCUT2D eigenvalue weighted by atomic mass is 9.70. The second-order valence-electron chi connectivity index (χ2n) is 27.1. The van der Waals surface area contributed by atoms with Crippen molar-refractivity contribution in [1.29, 1.82) is 0 Å². The van der Waals surface area contributed by atoms with Crippen LogP contribution in [0.25, 0.3) is 43.1 Å². The summed E-state index contributed by atoms with van der Waals surface area (Å²) in [6.07, 6.45) is 16.0. The van der Waals surface area contributed by atoms with Crippen molar-refractivity contribution in [2.24, 2.45) is 0 Å². The topological polar surface area (TPSA) is 12.5 Å². The molecule has 11 aromatic carbocycles. The van der Waals surface area contributed by atoms with Gasteiger partial charge in [-0.2, -0.15) is 9.15 Å². The van der Waals surface area contributed by atoms with Gasteiger partial charge in [0.25, 0.3) is 0 Å². The van der Waals surface area contributed by atoms with Crippen LogP contribution in [0, 0.1) is 0 Å². The van der Waals surface area contributed by atoms with Crippen LogP contribution in [-0.4, -0.2) is 48.8 Å². The number of nitrogens with zero attached hydrogens (tertiary/aromatic N) is 4. The summed E-state index contributed by atoms with van der Waals surface area (Å²) in [5, 5.41) is 10.4. The minimum absolute atomic E-state index is 0.117. The van der Waals surface area contributed by atoms with E-state index in [0.29, 0.717) is 0 Å². The zero-order valence-electron chi connectivity index (χ0n) is 53.1. The van der Waals surface area contributed by atoms with Gasteiger partial charge in [-0.25, -0.2) is 0 Å². The summed E-state index contributed by atoms with van der Waals surface area (Å²) in [5.74, 6) is -0.117. The van der Waals surface area contributed by atoms with Gasteiger partial charge in [0.1, 0.15) is 14.1 Å². The van der Waals surface area contributed by atoms with Crippen molar-refractivity contribution in [3.63, 3.8) is 0 Å². The van der Waals surface area contributed by atoms with Gasteiger partial charge in [0, 0.05) is 89.0 Å². The predicted octanol–water partition coefficient (Wildman–Crippen LogP) is 19.7. The minimum atomic E-state index is -0.375. The Balaban J connectivity index is 0.907. The third kappa shape index (κ3) is 8.61. The van der Waals surface area contributed by atoms with E-state index in [2.05, 4.69) is 350 Å². The molecule has 2 atom stereocenters. The first-order chi connectivity index (χ1) is 43.1. The molecule has 4 nitrogen and oxygen atoms in total. The normalized spacial score (nSPS) is 20.4. The summed E-state index contributed by atoms with van der Waals surface area (Å²) in [6.45, 7) is 14.5. The van der Waals surface area contributed by atoms with Crippen LogP contribution in [-0.2, 0) is 34.5 Å². The zero-order valence-corrected chi connectivity index (χ0v) is 53.1. The van der Waals surface area contributed by atoms with E-state index in [-0.39, 0.29) is 27.6 Å². The number of benzene rings is 11. The van der Waals surface area contributed by atoms with Gasteiger partial charge < -0.3 is 9.80 Å². The molecule has 0 radical (unpaired) electrons. The quantitative estimate of drug-likeness (QED) is 0.0945. The molecule has 0 saturated heterocycles. The maximum Gasteiger partial charge on any atom is 0.210 e. The van der Waals surface area contributed by atoms with Crippen molar-refractivity contribution >= 4 is 77.3 Å². The Bertz CT molecular complexity index is 4630. The van der Waals surface area contributed by atoms with Crippen molar-refractivity contribution in [2.75, 3.05) is 38.0 Å². The molecular formula is C85H78N4+2. The molecule has 2 unspecified atom stereocenters. The average Bonchev–Trinajstić information content (AvgIpc) is 1.64. The van der Waals surface area contributed by atoms with Crippen LogP contribution in [0.3, 0.4) is 0 Å². The minimum Gasteiger partial charge on any atom is -0.347 e. The summed E-state index contributed by atoms with van der Waals surface area (Å²) >= 11 is 0. The summed E-state index contributed by atoms with van der Waals surface area (Å²) in [7, 11) is 9.09. The Morgan fingerprint density at radius 3 is 1.13 bits per heavy atom. The fraction of sp³-hybridized carbons (Fsp3) is 0.200. The zero-order chi connectivity index (χ0) is 61.1. The molecule has 4 heteroatoms. The molecule has 0 aliphatic carbocycles. The van der Waals surface area contributed by atoms with Crippen LogP contribution in [0.5, 0.6) is 0 Å². The Morgan fingerprint density at radius 2 is 0.730 bits per heavy atom. The highest BCUT2D eigenvalue weighted by Gasteiger charge is 2.51. The van der Waals surface area contributed by atoms with Gasteiger partial charge in [-0.1, -0.05) is 240 Å². The van der Waals surface area contributed by atoms with Crippen molar-refractivity contribution in [1.82, 2.24) is 0 Å². The van der Waals surface area contributed by atoms with Crippen molar-refractivity contribution in [3.05, 3.63) is 322 Å². The molecule has 11 aromatic rings. The highest BCUT2D eigenvalue weighted by Crippen LogP contribution is 2.55. The number of hydrogen-bond donors (Lipinski definition) is 0. The van der Waals surface area contributed by atoms with Crippen molar-refractivity contribution < 1.29 is 9.15 Å². The third-order valence-corrected chi connectivity index (χ3v) is 21.2. The molecule has 0 saturated carbocycles. The van der Waals surface area contributed by atoms with Crippen LogP contribution >= 0.6 is 0 Å². The van der Waals surface area contributed by atoms with E-state index < -0.39 is 0 Å². The summed E-state index contributed by atoms with van der Waals surface area (Å²) < 4.78 is 5.05. The molecule has 0 N–H and O–H groups in total. The number of hydrogen-bond acceptors (Lipinski definition) is 2. The van der Waals surface area contributed by atoms with Gasteiger partial charge in [-0.05, 0) is 133 Å². The van der Waals surface area contributed by atoms with E-state index in [1.54, 1.807) is 0 Å². The smallest absolute Gasteiger partial charge is 0.210 e. The van der Waals surface area contributed by atoms with E-state index in [1.165, 1.54) is 139 Å². The largest absolute Gasteiger partial charge is 0.347 e. The molecule has 15 rings (SSSR count). The molecule has 0 bridgehead atoms. The van der Waals surface area contributed by atoms with E-state index in [1.807, 2.05) is 0 Å². The Morgan fingerprint density at radius 1 is 0.382 bits per heavy atom. The summed E-state index contributed by atoms with van der Waals surface area (Å²) in [4.78, 5) is 4.82. The van der Waals surface area contributed by atoms with Gasteiger partial charge in [-0.15, -0.1) is 0 Å². The van der Waals surface area contributed by atoms with Crippen LogP contribution in [0.15, 0.2) is 272 Å². The number of anilines is 2. The van der Waals surface area contributed by atoms with E-state index in [9.17, 15) is 0 Å². The fourth-order valence-corrected chi connectivity index (χ4v) is 17.2. The molecule has 436 valence electrons. The fourth-order valence-electron chi connectivity index (χ4n) is 17.2. The molecule has 4 aliphatic heterocycles. The van der Waals surface area contributed by atoms with Gasteiger partial charge in [0.15, 0.2) is 11.4 Å². The highest BCUT2D eigenvalue weighted by molar-refractivity contribution is 6.11.